The van der Waals surface area contributed by atoms with Crippen molar-refractivity contribution in [1.82, 2.24) is 4.98 Å². The standard InChI is InChI=1S/C18H16N4O2S/c1-11-8-13(10-20-15(11)9-19)21-16(24)18(2,3)22(17(21)25)12-4-6-14(23)7-5-12/h4-8,10,23H,1-3H3. The van der Waals surface area contributed by atoms with Gasteiger partial charge in [0.15, 0.2) is 5.11 Å². The van der Waals surface area contributed by atoms with Gasteiger partial charge in [-0.25, -0.2) is 4.98 Å². The maximum absolute atomic E-state index is 13.0. The van der Waals surface area contributed by atoms with Gasteiger partial charge in [-0.05, 0) is 68.9 Å². The Morgan fingerprint density at radius 3 is 2.44 bits per heavy atom. The van der Waals surface area contributed by atoms with E-state index in [0.717, 1.165) is 0 Å². The van der Waals surface area contributed by atoms with Gasteiger partial charge in [0.05, 0.1) is 11.9 Å². The molecular weight excluding hydrogens is 336 g/mol. The van der Waals surface area contributed by atoms with Crippen LogP contribution in [0.25, 0.3) is 0 Å². The molecule has 0 aliphatic carbocycles. The quantitative estimate of drug-likeness (QED) is 0.837. The normalized spacial score (nSPS) is 16.2. The molecule has 2 heterocycles. The number of hydrogen-bond acceptors (Lipinski definition) is 5. The fourth-order valence-corrected chi connectivity index (χ4v) is 3.38. The summed E-state index contributed by atoms with van der Waals surface area (Å²) in [5.41, 5.74) is 1.34. The monoisotopic (exact) mass is 352 g/mol. The summed E-state index contributed by atoms with van der Waals surface area (Å²) in [6, 6.07) is 10.3. The Kier molecular flexibility index (Phi) is 3.93. The van der Waals surface area contributed by atoms with Crippen molar-refractivity contribution >= 4 is 34.6 Å². The lowest BCUT2D eigenvalue weighted by molar-refractivity contribution is -0.120. The third-order valence-corrected chi connectivity index (χ3v) is 4.57. The third kappa shape index (κ3) is 2.61. The predicted octanol–water partition coefficient (Wildman–Crippen LogP) is 2.88. The highest BCUT2D eigenvalue weighted by Crippen LogP contribution is 2.36. The number of pyridine rings is 1. The number of aromatic hydroxyl groups is 1. The number of nitrogens with zero attached hydrogens (tertiary/aromatic N) is 4. The Labute approximate surface area is 150 Å². The lowest BCUT2D eigenvalue weighted by Crippen LogP contribution is -2.44. The van der Waals surface area contributed by atoms with Crippen molar-refractivity contribution in [2.24, 2.45) is 0 Å². The summed E-state index contributed by atoms with van der Waals surface area (Å²) < 4.78 is 0. The first-order chi connectivity index (χ1) is 11.8. The Hall–Kier alpha value is -2.98. The van der Waals surface area contributed by atoms with Crippen molar-refractivity contribution in [3.05, 3.63) is 47.8 Å². The first-order valence-corrected chi connectivity index (χ1v) is 8.02. The Bertz CT molecular complexity index is 916. The number of carbonyl (C=O) groups excluding carboxylic acids is 1. The van der Waals surface area contributed by atoms with Gasteiger partial charge in [0.25, 0.3) is 5.91 Å². The summed E-state index contributed by atoms with van der Waals surface area (Å²) >= 11 is 5.57. The van der Waals surface area contributed by atoms with Crippen LogP contribution in [0.2, 0.25) is 0 Å². The van der Waals surface area contributed by atoms with Crippen molar-refractivity contribution in [2.75, 3.05) is 9.80 Å². The molecule has 0 spiro atoms. The average Bonchev–Trinajstić information content (AvgIpc) is 2.74. The molecule has 1 fully saturated rings. The summed E-state index contributed by atoms with van der Waals surface area (Å²) in [6.07, 6.45) is 1.48. The van der Waals surface area contributed by atoms with E-state index in [1.165, 1.54) is 11.1 Å². The Balaban J connectivity index is 2.07. The summed E-state index contributed by atoms with van der Waals surface area (Å²) in [7, 11) is 0. The van der Waals surface area contributed by atoms with Gasteiger partial charge >= 0.3 is 0 Å². The van der Waals surface area contributed by atoms with Gasteiger partial charge in [0.1, 0.15) is 23.1 Å². The highest BCUT2D eigenvalue weighted by atomic mass is 32.1. The van der Waals surface area contributed by atoms with E-state index in [9.17, 15) is 9.90 Å². The molecule has 126 valence electrons. The van der Waals surface area contributed by atoms with Crippen molar-refractivity contribution in [3.8, 4) is 11.8 Å². The van der Waals surface area contributed by atoms with E-state index in [4.69, 9.17) is 17.5 Å². The second-order valence-electron chi connectivity index (χ2n) is 6.30. The van der Waals surface area contributed by atoms with Crippen LogP contribution in [-0.4, -0.2) is 26.6 Å². The molecule has 0 radical (unpaired) electrons. The molecule has 2 aromatic rings. The minimum atomic E-state index is -0.893. The first-order valence-electron chi connectivity index (χ1n) is 7.62. The predicted molar refractivity (Wildman–Crippen MR) is 98.4 cm³/mol. The number of hydrogen-bond donors (Lipinski definition) is 1. The Morgan fingerprint density at radius 2 is 1.88 bits per heavy atom. The van der Waals surface area contributed by atoms with Gasteiger partial charge in [-0.1, -0.05) is 0 Å². The number of anilines is 2. The van der Waals surface area contributed by atoms with E-state index in [-0.39, 0.29) is 11.7 Å². The highest BCUT2D eigenvalue weighted by Gasteiger charge is 2.50. The molecular formula is C18H16N4O2S. The minimum Gasteiger partial charge on any atom is -0.508 e. The van der Waals surface area contributed by atoms with E-state index < -0.39 is 5.54 Å². The molecule has 3 rings (SSSR count). The number of nitriles is 1. The molecule has 7 heteroatoms. The summed E-state index contributed by atoms with van der Waals surface area (Å²) in [5, 5.41) is 18.8. The van der Waals surface area contributed by atoms with Crippen LogP contribution in [0.1, 0.15) is 25.1 Å². The first kappa shape index (κ1) is 16.9. The number of thiocarbonyl (C=S) groups is 1. The maximum atomic E-state index is 13.0. The summed E-state index contributed by atoms with van der Waals surface area (Å²) in [6.45, 7) is 5.35. The molecule has 0 unspecified atom stereocenters. The highest BCUT2D eigenvalue weighted by molar-refractivity contribution is 7.81. The van der Waals surface area contributed by atoms with Gasteiger partial charge < -0.3 is 10.0 Å². The smallest absolute Gasteiger partial charge is 0.259 e. The van der Waals surface area contributed by atoms with Crippen LogP contribution in [-0.2, 0) is 4.79 Å². The zero-order valence-electron chi connectivity index (χ0n) is 14.0. The summed E-state index contributed by atoms with van der Waals surface area (Å²) in [4.78, 5) is 20.3. The number of carbonyl (C=O) groups is 1. The van der Waals surface area contributed by atoms with E-state index in [1.807, 2.05) is 6.07 Å². The number of rotatable bonds is 2. The lowest BCUT2D eigenvalue weighted by atomic mass is 10.0. The zero-order valence-corrected chi connectivity index (χ0v) is 14.8. The van der Waals surface area contributed by atoms with E-state index >= 15 is 0 Å². The SMILES string of the molecule is Cc1cc(N2C(=O)C(C)(C)N(c3ccc(O)cc3)C2=S)cnc1C#N. The molecule has 1 amide bonds. The molecule has 1 saturated heterocycles. The van der Waals surface area contributed by atoms with Gasteiger partial charge in [-0.3, -0.25) is 9.69 Å². The molecule has 6 nitrogen and oxygen atoms in total. The molecule has 0 bridgehead atoms. The van der Waals surface area contributed by atoms with Gasteiger partial charge in [-0.2, -0.15) is 5.26 Å². The zero-order chi connectivity index (χ0) is 18.4. The topological polar surface area (TPSA) is 80.5 Å². The van der Waals surface area contributed by atoms with Crippen molar-refractivity contribution in [3.63, 3.8) is 0 Å². The summed E-state index contributed by atoms with van der Waals surface area (Å²) in [5.74, 6) is -0.0433. The van der Waals surface area contributed by atoms with Crippen LogP contribution in [0.15, 0.2) is 36.5 Å². The van der Waals surface area contributed by atoms with Crippen LogP contribution in [0.4, 0.5) is 11.4 Å². The second kappa shape index (κ2) is 5.83. The number of benzene rings is 1. The van der Waals surface area contributed by atoms with Crippen LogP contribution < -0.4 is 9.80 Å². The fourth-order valence-electron chi connectivity index (χ4n) is 2.86. The van der Waals surface area contributed by atoms with Gasteiger partial charge in [0, 0.05) is 5.69 Å². The maximum Gasteiger partial charge on any atom is 0.259 e. The second-order valence-corrected chi connectivity index (χ2v) is 6.67. The largest absolute Gasteiger partial charge is 0.508 e. The Morgan fingerprint density at radius 1 is 1.24 bits per heavy atom. The molecule has 1 aromatic heterocycles. The van der Waals surface area contributed by atoms with Crippen molar-refractivity contribution in [1.29, 1.82) is 5.26 Å². The van der Waals surface area contributed by atoms with Crippen molar-refractivity contribution in [2.45, 2.75) is 26.3 Å². The van der Waals surface area contributed by atoms with Crippen LogP contribution in [0, 0.1) is 18.3 Å². The number of aryl methyl sites for hydroxylation is 1. The van der Waals surface area contributed by atoms with Crippen molar-refractivity contribution < 1.29 is 9.90 Å². The minimum absolute atomic E-state index is 0.141. The number of aromatic nitrogens is 1. The molecule has 1 N–H and O–H groups in total. The van der Waals surface area contributed by atoms with Crippen LogP contribution in [0.5, 0.6) is 5.75 Å². The number of phenolic OH excluding ortho intramolecular Hbond substituents is 1. The van der Waals surface area contributed by atoms with Gasteiger partial charge in [-0.15, -0.1) is 0 Å². The number of phenols is 1. The average molecular weight is 352 g/mol. The van der Waals surface area contributed by atoms with Crippen LogP contribution in [0.3, 0.4) is 0 Å². The van der Waals surface area contributed by atoms with E-state index in [1.54, 1.807) is 56.0 Å². The van der Waals surface area contributed by atoms with Crippen LogP contribution >= 0.6 is 12.2 Å². The fraction of sp³-hybridized carbons (Fsp3) is 0.222. The molecule has 1 aromatic carbocycles. The van der Waals surface area contributed by atoms with E-state index in [2.05, 4.69) is 4.98 Å². The van der Waals surface area contributed by atoms with Gasteiger partial charge in [0.2, 0.25) is 0 Å². The lowest BCUT2D eigenvalue weighted by Gasteiger charge is -2.29. The molecule has 1 aliphatic heterocycles. The molecule has 25 heavy (non-hydrogen) atoms. The molecule has 0 atom stereocenters. The third-order valence-electron chi connectivity index (χ3n) is 4.20. The van der Waals surface area contributed by atoms with E-state index in [0.29, 0.717) is 27.7 Å². The molecule has 1 aliphatic rings. The molecule has 0 saturated carbocycles. The number of amides is 1.